The van der Waals surface area contributed by atoms with E-state index in [2.05, 4.69) is 0 Å². The van der Waals surface area contributed by atoms with Crippen LogP contribution in [0.2, 0.25) is 5.02 Å². The number of benzene rings is 1. The van der Waals surface area contributed by atoms with Gasteiger partial charge in [-0.15, -0.1) is 0 Å². The predicted octanol–water partition coefficient (Wildman–Crippen LogP) is 3.77. The van der Waals surface area contributed by atoms with Gasteiger partial charge in [0.1, 0.15) is 0 Å². The van der Waals surface area contributed by atoms with Gasteiger partial charge in [-0.05, 0) is 24.6 Å². The van der Waals surface area contributed by atoms with Gasteiger partial charge in [-0.2, -0.15) is 0 Å². The largest absolute Gasteiger partial charge is 0.325 e. The number of hydrogen-bond donors (Lipinski definition) is 0. The number of nitro groups is 1. The van der Waals surface area contributed by atoms with Crippen molar-refractivity contribution < 1.29 is 4.92 Å². The first-order valence-electron chi connectivity index (χ1n) is 3.92. The molecule has 1 aromatic carbocycles. The minimum absolute atomic E-state index is 0.154. The van der Waals surface area contributed by atoms with Crippen LogP contribution in [0.15, 0.2) is 18.2 Å². The van der Waals surface area contributed by atoms with Gasteiger partial charge in [-0.3, -0.25) is 10.1 Å². The molecule has 0 saturated carbocycles. The fraction of sp³-hybridized carbons (Fsp3) is 0.111. The van der Waals surface area contributed by atoms with Crippen molar-refractivity contribution in [3.05, 3.63) is 38.9 Å². The van der Waals surface area contributed by atoms with Crippen molar-refractivity contribution in [1.82, 2.24) is 0 Å². The summed E-state index contributed by atoms with van der Waals surface area (Å²) >= 11 is 7.08. The number of fused-ring (bicyclic) bond motifs is 1. The van der Waals surface area contributed by atoms with Gasteiger partial charge in [0.15, 0.2) is 0 Å². The molecular weight excluding hydrogens is 222 g/mol. The summed E-state index contributed by atoms with van der Waals surface area (Å²) in [6.45, 7) is 1.88. The zero-order valence-corrected chi connectivity index (χ0v) is 8.85. The summed E-state index contributed by atoms with van der Waals surface area (Å²) in [5.41, 5.74) is 0.941. The number of nitrogens with zero attached hydrogens (tertiary/aromatic N) is 1. The monoisotopic (exact) mass is 227 g/mol. The first kappa shape index (κ1) is 9.43. The van der Waals surface area contributed by atoms with E-state index in [1.165, 1.54) is 11.3 Å². The van der Waals surface area contributed by atoms with E-state index in [0.717, 1.165) is 15.6 Å². The molecule has 0 fully saturated rings. The molecule has 2 aromatic rings. The smallest absolute Gasteiger partial charge is 0.258 e. The zero-order chi connectivity index (χ0) is 10.3. The van der Waals surface area contributed by atoms with Gasteiger partial charge in [0.05, 0.1) is 4.92 Å². The number of thiophene rings is 1. The SMILES string of the molecule is Cc1cc2sc([N+](=O)[O-])cc2cc1Cl. The molecule has 0 aliphatic rings. The number of hydrogen-bond acceptors (Lipinski definition) is 3. The molecule has 5 heteroatoms. The fourth-order valence-electron chi connectivity index (χ4n) is 1.24. The lowest BCUT2D eigenvalue weighted by Gasteiger charge is -1.95. The van der Waals surface area contributed by atoms with Crippen molar-refractivity contribution in [3.63, 3.8) is 0 Å². The average molecular weight is 228 g/mol. The minimum Gasteiger partial charge on any atom is -0.258 e. The van der Waals surface area contributed by atoms with Crippen LogP contribution in [0.3, 0.4) is 0 Å². The van der Waals surface area contributed by atoms with E-state index in [1.807, 2.05) is 13.0 Å². The molecule has 3 nitrogen and oxygen atoms in total. The van der Waals surface area contributed by atoms with E-state index < -0.39 is 0 Å². The maximum absolute atomic E-state index is 10.5. The van der Waals surface area contributed by atoms with Crippen LogP contribution in [0.4, 0.5) is 5.00 Å². The van der Waals surface area contributed by atoms with Crippen molar-refractivity contribution in [2.24, 2.45) is 0 Å². The maximum atomic E-state index is 10.5. The molecule has 0 aliphatic heterocycles. The van der Waals surface area contributed by atoms with Gasteiger partial charge in [0.2, 0.25) is 0 Å². The Hall–Kier alpha value is -1.13. The molecular formula is C9H6ClNO2S. The Balaban J connectivity index is 2.72. The number of aryl methyl sites for hydroxylation is 1. The molecule has 0 spiro atoms. The number of rotatable bonds is 1. The summed E-state index contributed by atoms with van der Waals surface area (Å²) in [6, 6.07) is 5.18. The maximum Gasteiger partial charge on any atom is 0.325 e. The Morgan fingerprint density at radius 1 is 1.43 bits per heavy atom. The van der Waals surface area contributed by atoms with E-state index >= 15 is 0 Å². The third-order valence-electron chi connectivity index (χ3n) is 1.96. The summed E-state index contributed by atoms with van der Waals surface area (Å²) in [7, 11) is 0. The van der Waals surface area contributed by atoms with Gasteiger partial charge in [0.25, 0.3) is 0 Å². The molecule has 1 heterocycles. The molecule has 0 amide bonds. The van der Waals surface area contributed by atoms with Gasteiger partial charge in [-0.25, -0.2) is 0 Å². The summed E-state index contributed by atoms with van der Waals surface area (Å²) in [4.78, 5) is 10.1. The quantitative estimate of drug-likeness (QED) is 0.550. The second kappa shape index (κ2) is 3.22. The van der Waals surface area contributed by atoms with E-state index in [0.29, 0.717) is 5.02 Å². The van der Waals surface area contributed by atoms with Crippen molar-refractivity contribution in [2.75, 3.05) is 0 Å². The zero-order valence-electron chi connectivity index (χ0n) is 7.28. The molecule has 2 rings (SSSR count). The van der Waals surface area contributed by atoms with Crippen molar-refractivity contribution in [3.8, 4) is 0 Å². The average Bonchev–Trinajstić information content (AvgIpc) is 2.48. The predicted molar refractivity (Wildman–Crippen MR) is 58.2 cm³/mol. The van der Waals surface area contributed by atoms with Crippen LogP contribution in [0.25, 0.3) is 10.1 Å². The fourth-order valence-corrected chi connectivity index (χ4v) is 2.37. The van der Waals surface area contributed by atoms with Crippen molar-refractivity contribution >= 4 is 38.0 Å². The topological polar surface area (TPSA) is 43.1 Å². The lowest BCUT2D eigenvalue weighted by atomic mass is 10.2. The van der Waals surface area contributed by atoms with E-state index in [4.69, 9.17) is 11.6 Å². The Bertz CT molecular complexity index is 482. The second-order valence-corrected chi connectivity index (χ2v) is 4.45. The molecule has 1 aromatic heterocycles. The first-order chi connectivity index (χ1) is 6.58. The Morgan fingerprint density at radius 3 is 2.79 bits per heavy atom. The highest BCUT2D eigenvalue weighted by Gasteiger charge is 2.11. The minimum atomic E-state index is -0.381. The van der Waals surface area contributed by atoms with E-state index in [1.54, 1.807) is 12.1 Å². The van der Waals surface area contributed by atoms with Crippen molar-refractivity contribution in [2.45, 2.75) is 6.92 Å². The molecule has 0 saturated heterocycles. The Kier molecular flexibility index (Phi) is 2.17. The van der Waals surface area contributed by atoms with Crippen LogP contribution in [-0.2, 0) is 0 Å². The summed E-state index contributed by atoms with van der Waals surface area (Å²) in [5, 5.41) is 12.2. The number of halogens is 1. The Labute approximate surface area is 89.1 Å². The van der Waals surface area contributed by atoms with Crippen molar-refractivity contribution in [1.29, 1.82) is 0 Å². The van der Waals surface area contributed by atoms with Gasteiger partial charge >= 0.3 is 5.00 Å². The molecule has 0 N–H and O–H groups in total. The third-order valence-corrected chi connectivity index (χ3v) is 3.42. The van der Waals surface area contributed by atoms with E-state index in [-0.39, 0.29) is 9.92 Å². The highest BCUT2D eigenvalue weighted by atomic mass is 35.5. The highest BCUT2D eigenvalue weighted by molar-refractivity contribution is 7.22. The summed E-state index contributed by atoms with van der Waals surface area (Å²) in [5.74, 6) is 0. The Morgan fingerprint density at radius 2 is 2.14 bits per heavy atom. The molecule has 0 bridgehead atoms. The van der Waals surface area contributed by atoms with Crippen LogP contribution < -0.4 is 0 Å². The molecule has 72 valence electrons. The van der Waals surface area contributed by atoms with Gasteiger partial charge in [-0.1, -0.05) is 22.9 Å². The first-order valence-corrected chi connectivity index (χ1v) is 5.11. The molecule has 0 atom stereocenters. The second-order valence-electron chi connectivity index (χ2n) is 2.98. The standard InChI is InChI=1S/C9H6ClNO2S/c1-5-2-8-6(3-7(5)10)4-9(14-8)11(12)13/h2-4H,1H3. The molecule has 0 aliphatic carbocycles. The summed E-state index contributed by atoms with van der Waals surface area (Å²) < 4.78 is 0.901. The van der Waals surface area contributed by atoms with E-state index in [9.17, 15) is 10.1 Å². The lowest BCUT2D eigenvalue weighted by molar-refractivity contribution is -0.380. The van der Waals surface area contributed by atoms with Gasteiger partial charge in [0, 0.05) is 21.2 Å². The normalized spacial score (nSPS) is 10.7. The molecule has 0 unspecified atom stereocenters. The van der Waals surface area contributed by atoms with Crippen LogP contribution in [-0.4, -0.2) is 4.92 Å². The van der Waals surface area contributed by atoms with Crippen LogP contribution in [0, 0.1) is 17.0 Å². The van der Waals surface area contributed by atoms with Crippen LogP contribution >= 0.6 is 22.9 Å². The molecule has 14 heavy (non-hydrogen) atoms. The van der Waals surface area contributed by atoms with Crippen LogP contribution in [0.1, 0.15) is 5.56 Å². The highest BCUT2D eigenvalue weighted by Crippen LogP contribution is 2.34. The summed E-state index contributed by atoms with van der Waals surface area (Å²) in [6.07, 6.45) is 0. The lowest BCUT2D eigenvalue weighted by Crippen LogP contribution is -1.80. The van der Waals surface area contributed by atoms with Crippen LogP contribution in [0.5, 0.6) is 0 Å². The molecule has 0 radical (unpaired) electrons. The third kappa shape index (κ3) is 1.47. The van der Waals surface area contributed by atoms with Gasteiger partial charge < -0.3 is 0 Å².